The van der Waals surface area contributed by atoms with E-state index in [4.69, 9.17) is 15.7 Å². The van der Waals surface area contributed by atoms with Crippen LogP contribution in [-0.2, 0) is 6.42 Å². The normalized spacial score (nSPS) is 10.0. The first-order valence-electron chi connectivity index (χ1n) is 5.52. The zero-order valence-electron chi connectivity index (χ0n) is 10.0. The highest BCUT2D eigenvalue weighted by Gasteiger charge is 2.06. The van der Waals surface area contributed by atoms with E-state index in [0.717, 1.165) is 12.1 Å². The van der Waals surface area contributed by atoms with Gasteiger partial charge in [-0.15, -0.1) is 11.3 Å². The molecule has 0 bridgehead atoms. The van der Waals surface area contributed by atoms with E-state index >= 15 is 0 Å². The van der Waals surface area contributed by atoms with Crippen molar-refractivity contribution in [3.8, 4) is 11.8 Å². The number of nitrogen functional groups attached to an aromatic ring is 1. The SMILES string of the molecule is Cc1ncsc1CCOc1cccc(C#N)c1N. The number of aromatic nitrogens is 1. The summed E-state index contributed by atoms with van der Waals surface area (Å²) in [7, 11) is 0. The first-order chi connectivity index (χ1) is 8.72. The average molecular weight is 259 g/mol. The molecular formula is C13H13N3OS. The lowest BCUT2D eigenvalue weighted by atomic mass is 10.2. The molecule has 2 N–H and O–H groups in total. The van der Waals surface area contributed by atoms with Crippen molar-refractivity contribution in [2.45, 2.75) is 13.3 Å². The highest BCUT2D eigenvalue weighted by Crippen LogP contribution is 2.24. The summed E-state index contributed by atoms with van der Waals surface area (Å²) in [5, 5.41) is 8.86. The molecule has 0 spiro atoms. The van der Waals surface area contributed by atoms with Crippen molar-refractivity contribution in [3.05, 3.63) is 39.8 Å². The molecule has 0 fully saturated rings. The third-order valence-electron chi connectivity index (χ3n) is 2.62. The van der Waals surface area contributed by atoms with Crippen LogP contribution < -0.4 is 10.5 Å². The van der Waals surface area contributed by atoms with Crippen LogP contribution in [0.4, 0.5) is 5.69 Å². The fourth-order valence-corrected chi connectivity index (χ4v) is 2.35. The highest BCUT2D eigenvalue weighted by atomic mass is 32.1. The quantitative estimate of drug-likeness (QED) is 0.856. The minimum absolute atomic E-state index is 0.404. The molecule has 0 amide bonds. The summed E-state index contributed by atoms with van der Waals surface area (Å²) in [6.45, 7) is 2.51. The second-order valence-corrected chi connectivity index (χ2v) is 4.73. The number of thiazole rings is 1. The van der Waals surface area contributed by atoms with Crippen LogP contribution in [0.3, 0.4) is 0 Å². The Hall–Kier alpha value is -2.06. The van der Waals surface area contributed by atoms with Gasteiger partial charge in [-0.3, -0.25) is 0 Å². The van der Waals surface area contributed by atoms with Gasteiger partial charge < -0.3 is 10.5 Å². The largest absolute Gasteiger partial charge is 0.491 e. The van der Waals surface area contributed by atoms with Crippen molar-refractivity contribution < 1.29 is 4.74 Å². The van der Waals surface area contributed by atoms with Gasteiger partial charge in [-0.1, -0.05) is 6.07 Å². The molecule has 0 saturated carbocycles. The molecule has 4 nitrogen and oxygen atoms in total. The molecule has 2 aromatic rings. The third kappa shape index (κ3) is 2.60. The Balaban J connectivity index is 1.99. The minimum Gasteiger partial charge on any atom is -0.491 e. The number of ether oxygens (including phenoxy) is 1. The van der Waals surface area contributed by atoms with Gasteiger partial charge in [0.25, 0.3) is 0 Å². The monoisotopic (exact) mass is 259 g/mol. The fourth-order valence-electron chi connectivity index (χ4n) is 1.59. The number of hydrogen-bond donors (Lipinski definition) is 1. The molecule has 0 aliphatic carbocycles. The molecule has 18 heavy (non-hydrogen) atoms. The number of anilines is 1. The van der Waals surface area contributed by atoms with Crippen molar-refractivity contribution in [1.82, 2.24) is 4.98 Å². The Labute approximate surface area is 110 Å². The van der Waals surface area contributed by atoms with E-state index < -0.39 is 0 Å². The van der Waals surface area contributed by atoms with Gasteiger partial charge in [-0.25, -0.2) is 4.98 Å². The van der Waals surface area contributed by atoms with Crippen LogP contribution in [-0.4, -0.2) is 11.6 Å². The molecule has 0 atom stereocenters. The summed E-state index contributed by atoms with van der Waals surface area (Å²) in [5.41, 5.74) is 9.55. The molecule has 92 valence electrons. The maximum atomic E-state index is 8.86. The van der Waals surface area contributed by atoms with Crippen LogP contribution >= 0.6 is 11.3 Å². The molecule has 0 radical (unpaired) electrons. The van der Waals surface area contributed by atoms with E-state index in [1.54, 1.807) is 29.5 Å². The molecule has 1 aromatic heterocycles. The molecular weight excluding hydrogens is 246 g/mol. The van der Waals surface area contributed by atoms with Crippen molar-refractivity contribution in [2.24, 2.45) is 0 Å². The number of aryl methyl sites for hydroxylation is 1. The average Bonchev–Trinajstić information content (AvgIpc) is 2.77. The van der Waals surface area contributed by atoms with Crippen molar-refractivity contribution in [2.75, 3.05) is 12.3 Å². The topological polar surface area (TPSA) is 71.9 Å². The van der Waals surface area contributed by atoms with Gasteiger partial charge in [-0.2, -0.15) is 5.26 Å². The molecule has 0 aliphatic rings. The number of nitriles is 1. The maximum absolute atomic E-state index is 8.86. The Kier molecular flexibility index (Phi) is 3.80. The second kappa shape index (κ2) is 5.52. The number of para-hydroxylation sites is 1. The van der Waals surface area contributed by atoms with E-state index in [0.29, 0.717) is 23.6 Å². The predicted octanol–water partition coefficient (Wildman–Crippen LogP) is 2.53. The lowest BCUT2D eigenvalue weighted by molar-refractivity contribution is 0.324. The number of nitrogens with zero attached hydrogens (tertiary/aromatic N) is 2. The number of nitrogens with two attached hydrogens (primary N) is 1. The Morgan fingerprint density at radius 3 is 3.00 bits per heavy atom. The van der Waals surface area contributed by atoms with Crippen LogP contribution in [0.1, 0.15) is 16.1 Å². The first-order valence-corrected chi connectivity index (χ1v) is 6.40. The van der Waals surface area contributed by atoms with Gasteiger partial charge in [0.05, 0.1) is 29.1 Å². The second-order valence-electron chi connectivity index (χ2n) is 3.79. The summed E-state index contributed by atoms with van der Waals surface area (Å²) in [6, 6.07) is 7.25. The lowest BCUT2D eigenvalue weighted by Crippen LogP contribution is -2.04. The molecule has 1 heterocycles. The number of benzene rings is 1. The van der Waals surface area contributed by atoms with Gasteiger partial charge in [-0.05, 0) is 19.1 Å². The van der Waals surface area contributed by atoms with E-state index in [9.17, 15) is 0 Å². The van der Waals surface area contributed by atoms with E-state index in [2.05, 4.69) is 4.98 Å². The summed E-state index contributed by atoms with van der Waals surface area (Å²) in [6.07, 6.45) is 0.798. The Morgan fingerprint density at radius 1 is 1.50 bits per heavy atom. The smallest absolute Gasteiger partial charge is 0.143 e. The van der Waals surface area contributed by atoms with Gasteiger partial charge in [0.1, 0.15) is 11.8 Å². The van der Waals surface area contributed by atoms with Gasteiger partial charge >= 0.3 is 0 Å². The number of hydrogen-bond acceptors (Lipinski definition) is 5. The minimum atomic E-state index is 0.404. The van der Waals surface area contributed by atoms with Crippen molar-refractivity contribution in [1.29, 1.82) is 5.26 Å². The van der Waals surface area contributed by atoms with Crippen LogP contribution in [0.5, 0.6) is 5.75 Å². The van der Waals surface area contributed by atoms with Crippen molar-refractivity contribution >= 4 is 17.0 Å². The standard InChI is InChI=1S/C13H13N3OS/c1-9-12(18-8-16-9)5-6-17-11-4-2-3-10(7-14)13(11)15/h2-4,8H,5-6,15H2,1H3. The van der Waals surface area contributed by atoms with E-state index in [-0.39, 0.29) is 0 Å². The van der Waals surface area contributed by atoms with Crippen LogP contribution in [0.25, 0.3) is 0 Å². The predicted molar refractivity (Wildman–Crippen MR) is 71.6 cm³/mol. The lowest BCUT2D eigenvalue weighted by Gasteiger charge is -2.09. The zero-order chi connectivity index (χ0) is 13.0. The maximum Gasteiger partial charge on any atom is 0.143 e. The molecule has 0 saturated heterocycles. The molecule has 1 aromatic carbocycles. The Morgan fingerprint density at radius 2 is 2.33 bits per heavy atom. The van der Waals surface area contributed by atoms with E-state index in [1.807, 2.05) is 18.5 Å². The van der Waals surface area contributed by atoms with E-state index in [1.165, 1.54) is 4.88 Å². The van der Waals surface area contributed by atoms with Crippen LogP contribution in [0, 0.1) is 18.3 Å². The highest BCUT2D eigenvalue weighted by molar-refractivity contribution is 7.09. The summed E-state index contributed by atoms with van der Waals surface area (Å²) < 4.78 is 5.61. The summed E-state index contributed by atoms with van der Waals surface area (Å²) in [4.78, 5) is 5.40. The van der Waals surface area contributed by atoms with Gasteiger partial charge in [0.15, 0.2) is 0 Å². The molecule has 5 heteroatoms. The summed E-state index contributed by atoms with van der Waals surface area (Å²) in [5.74, 6) is 0.566. The van der Waals surface area contributed by atoms with Gasteiger partial charge in [0.2, 0.25) is 0 Å². The zero-order valence-corrected chi connectivity index (χ0v) is 10.8. The Bertz CT molecular complexity index is 586. The molecule has 2 rings (SSSR count). The summed E-state index contributed by atoms with van der Waals surface area (Å²) >= 11 is 1.62. The van der Waals surface area contributed by atoms with Crippen LogP contribution in [0.2, 0.25) is 0 Å². The van der Waals surface area contributed by atoms with Gasteiger partial charge in [0, 0.05) is 11.3 Å². The molecule has 0 aliphatic heterocycles. The van der Waals surface area contributed by atoms with Crippen molar-refractivity contribution in [3.63, 3.8) is 0 Å². The number of rotatable bonds is 4. The first kappa shape index (κ1) is 12.4. The fraction of sp³-hybridized carbons (Fsp3) is 0.231. The van der Waals surface area contributed by atoms with Crippen LogP contribution in [0.15, 0.2) is 23.7 Å². The molecule has 0 unspecified atom stereocenters. The third-order valence-corrected chi connectivity index (χ3v) is 3.61.